The monoisotopic (exact) mass is 399 g/mol. The zero-order valence-electron chi connectivity index (χ0n) is 16.3. The van der Waals surface area contributed by atoms with Crippen molar-refractivity contribution in [2.75, 3.05) is 42.3 Å². The summed E-state index contributed by atoms with van der Waals surface area (Å²) in [5, 5.41) is 2.91. The van der Waals surface area contributed by atoms with Crippen LogP contribution in [0.1, 0.15) is 24.2 Å². The van der Waals surface area contributed by atoms with E-state index in [0.717, 1.165) is 30.0 Å². The molecule has 6 heteroatoms. The molecule has 1 heterocycles. The maximum atomic E-state index is 12.6. The van der Waals surface area contributed by atoms with Gasteiger partial charge in [-0.3, -0.25) is 9.59 Å². The van der Waals surface area contributed by atoms with E-state index in [-0.39, 0.29) is 17.7 Å². The minimum absolute atomic E-state index is 0.0835. The van der Waals surface area contributed by atoms with Crippen molar-refractivity contribution < 1.29 is 9.59 Å². The first-order valence-electron chi connectivity index (χ1n) is 9.47. The summed E-state index contributed by atoms with van der Waals surface area (Å²) in [4.78, 5) is 28.9. The molecule has 28 heavy (non-hydrogen) atoms. The van der Waals surface area contributed by atoms with Gasteiger partial charge in [0.2, 0.25) is 5.91 Å². The molecule has 0 aromatic heterocycles. The Labute approximate surface area is 171 Å². The van der Waals surface area contributed by atoms with Gasteiger partial charge in [-0.2, -0.15) is 0 Å². The van der Waals surface area contributed by atoms with Crippen molar-refractivity contribution in [3.63, 3.8) is 0 Å². The fraction of sp³-hybridized carbons (Fsp3) is 0.364. The molecule has 1 N–H and O–H groups in total. The second kappa shape index (κ2) is 8.65. The Balaban J connectivity index is 1.56. The van der Waals surface area contributed by atoms with E-state index in [0.29, 0.717) is 13.1 Å². The highest BCUT2D eigenvalue weighted by atomic mass is 35.5. The molecule has 1 saturated heterocycles. The van der Waals surface area contributed by atoms with Crippen molar-refractivity contribution in [1.29, 1.82) is 0 Å². The average molecular weight is 400 g/mol. The molecule has 1 fully saturated rings. The van der Waals surface area contributed by atoms with E-state index >= 15 is 0 Å². The van der Waals surface area contributed by atoms with E-state index in [2.05, 4.69) is 10.2 Å². The number of halogens is 1. The number of amides is 2. The van der Waals surface area contributed by atoms with Crippen LogP contribution < -0.4 is 10.2 Å². The number of rotatable bonds is 5. The summed E-state index contributed by atoms with van der Waals surface area (Å²) in [5.74, 6) is 0.256. The van der Waals surface area contributed by atoms with Crippen LogP contribution >= 0.6 is 11.6 Å². The third-order valence-corrected chi connectivity index (χ3v) is 5.69. The van der Waals surface area contributed by atoms with Crippen LogP contribution in [0, 0.1) is 5.41 Å². The molecule has 1 aliphatic heterocycles. The molecule has 148 valence electrons. The molecule has 0 atom stereocenters. The molecule has 5 nitrogen and oxygen atoms in total. The number of benzene rings is 2. The van der Waals surface area contributed by atoms with Gasteiger partial charge in [0.15, 0.2) is 0 Å². The van der Waals surface area contributed by atoms with Gasteiger partial charge in [0.25, 0.3) is 5.91 Å². The zero-order valence-corrected chi connectivity index (χ0v) is 17.1. The smallest absolute Gasteiger partial charge is 0.253 e. The summed E-state index contributed by atoms with van der Waals surface area (Å²) in [7, 11) is 0. The van der Waals surface area contributed by atoms with Crippen LogP contribution in [0.2, 0.25) is 0 Å². The molecule has 0 radical (unpaired) electrons. The third-order valence-electron chi connectivity index (χ3n) is 5.03. The van der Waals surface area contributed by atoms with Crippen LogP contribution in [0.15, 0.2) is 54.6 Å². The van der Waals surface area contributed by atoms with Crippen LogP contribution in [0.3, 0.4) is 0 Å². The lowest BCUT2D eigenvalue weighted by atomic mass is 9.95. The number of hydrogen-bond donors (Lipinski definition) is 1. The van der Waals surface area contributed by atoms with Crippen LogP contribution in [-0.4, -0.2) is 48.8 Å². The van der Waals surface area contributed by atoms with Crippen molar-refractivity contribution in [2.45, 2.75) is 13.8 Å². The lowest BCUT2D eigenvalue weighted by molar-refractivity contribution is -0.122. The highest BCUT2D eigenvalue weighted by molar-refractivity contribution is 6.20. The molecule has 0 saturated carbocycles. The lowest BCUT2D eigenvalue weighted by Gasteiger charge is -2.36. The highest BCUT2D eigenvalue weighted by Crippen LogP contribution is 2.23. The topological polar surface area (TPSA) is 52.7 Å². The SMILES string of the molecule is CC(C)(CCl)C(=O)Nc1ccc(N2CCN(C(=O)c3ccccc3)CC2)cc1. The van der Waals surface area contributed by atoms with Crippen LogP contribution in [0.25, 0.3) is 0 Å². The number of hydrogen-bond acceptors (Lipinski definition) is 3. The van der Waals surface area contributed by atoms with Crippen molar-refractivity contribution in [3.8, 4) is 0 Å². The molecule has 0 unspecified atom stereocenters. The minimum Gasteiger partial charge on any atom is -0.368 e. The van der Waals surface area contributed by atoms with Crippen molar-refractivity contribution in [1.82, 2.24) is 4.90 Å². The summed E-state index contributed by atoms with van der Waals surface area (Å²) in [6.07, 6.45) is 0. The Morgan fingerprint density at radius 2 is 1.57 bits per heavy atom. The zero-order chi connectivity index (χ0) is 20.1. The molecular weight excluding hydrogens is 374 g/mol. The van der Waals surface area contributed by atoms with Gasteiger partial charge in [0.1, 0.15) is 0 Å². The number of nitrogens with one attached hydrogen (secondary N) is 1. The maximum absolute atomic E-state index is 12.6. The number of piperazine rings is 1. The molecule has 0 spiro atoms. The molecule has 2 aromatic rings. The standard InChI is InChI=1S/C22H26ClN3O2/c1-22(2,16-23)21(28)24-18-8-10-19(11-9-18)25-12-14-26(15-13-25)20(27)17-6-4-3-5-7-17/h3-11H,12-16H2,1-2H3,(H,24,28). The molecule has 0 bridgehead atoms. The molecule has 1 aliphatic rings. The predicted molar refractivity (Wildman–Crippen MR) is 114 cm³/mol. The lowest BCUT2D eigenvalue weighted by Crippen LogP contribution is -2.48. The summed E-state index contributed by atoms with van der Waals surface area (Å²) in [6, 6.07) is 17.2. The highest BCUT2D eigenvalue weighted by Gasteiger charge is 2.26. The van der Waals surface area contributed by atoms with Gasteiger partial charge in [-0.05, 0) is 50.2 Å². The predicted octanol–water partition coefficient (Wildman–Crippen LogP) is 3.85. The number of alkyl halides is 1. The number of carbonyl (C=O) groups excluding carboxylic acids is 2. The second-order valence-corrected chi connectivity index (χ2v) is 7.93. The quantitative estimate of drug-likeness (QED) is 0.777. The summed E-state index contributed by atoms with van der Waals surface area (Å²) in [6.45, 7) is 6.58. The Morgan fingerprint density at radius 3 is 2.14 bits per heavy atom. The maximum Gasteiger partial charge on any atom is 0.253 e. The second-order valence-electron chi connectivity index (χ2n) is 7.66. The first-order chi connectivity index (χ1) is 13.4. The Morgan fingerprint density at radius 1 is 0.964 bits per heavy atom. The van der Waals surface area contributed by atoms with Crippen molar-refractivity contribution in [2.24, 2.45) is 5.41 Å². The normalized spacial score (nSPS) is 14.7. The van der Waals surface area contributed by atoms with E-state index in [4.69, 9.17) is 11.6 Å². The number of nitrogens with zero attached hydrogens (tertiary/aromatic N) is 2. The Hall–Kier alpha value is -2.53. The Bertz CT molecular complexity index is 813. The summed E-state index contributed by atoms with van der Waals surface area (Å²) >= 11 is 5.86. The van der Waals surface area contributed by atoms with Gasteiger partial charge in [0, 0.05) is 49.0 Å². The fourth-order valence-corrected chi connectivity index (χ4v) is 3.17. The van der Waals surface area contributed by atoms with E-state index in [1.807, 2.05) is 73.3 Å². The first-order valence-corrected chi connectivity index (χ1v) is 10.0. The molecule has 2 aromatic carbocycles. The van der Waals surface area contributed by atoms with Crippen molar-refractivity contribution in [3.05, 3.63) is 60.2 Å². The largest absolute Gasteiger partial charge is 0.368 e. The van der Waals surface area contributed by atoms with Gasteiger partial charge in [-0.1, -0.05) is 18.2 Å². The van der Waals surface area contributed by atoms with Crippen LogP contribution in [0.5, 0.6) is 0 Å². The molecule has 2 amide bonds. The third kappa shape index (κ3) is 4.65. The van der Waals surface area contributed by atoms with Gasteiger partial charge in [0.05, 0.1) is 5.41 Å². The fourth-order valence-electron chi connectivity index (χ4n) is 3.05. The van der Waals surface area contributed by atoms with E-state index in [1.54, 1.807) is 0 Å². The molecule has 3 rings (SSSR count). The summed E-state index contributed by atoms with van der Waals surface area (Å²) in [5.41, 5.74) is 1.96. The molecular formula is C22H26ClN3O2. The summed E-state index contributed by atoms with van der Waals surface area (Å²) < 4.78 is 0. The van der Waals surface area contributed by atoms with E-state index in [9.17, 15) is 9.59 Å². The van der Waals surface area contributed by atoms with Crippen molar-refractivity contribution >= 4 is 34.8 Å². The van der Waals surface area contributed by atoms with Crippen LogP contribution in [-0.2, 0) is 4.79 Å². The van der Waals surface area contributed by atoms with Gasteiger partial charge in [-0.25, -0.2) is 0 Å². The van der Waals surface area contributed by atoms with E-state index in [1.165, 1.54) is 0 Å². The van der Waals surface area contributed by atoms with E-state index < -0.39 is 5.41 Å². The van der Waals surface area contributed by atoms with Crippen LogP contribution in [0.4, 0.5) is 11.4 Å². The number of carbonyl (C=O) groups is 2. The minimum atomic E-state index is -0.609. The van der Waals surface area contributed by atoms with Gasteiger partial charge < -0.3 is 15.1 Å². The average Bonchev–Trinajstić information content (AvgIpc) is 2.74. The molecule has 0 aliphatic carbocycles. The Kier molecular flexibility index (Phi) is 6.25. The van der Waals surface area contributed by atoms with Gasteiger partial charge >= 0.3 is 0 Å². The first kappa shape index (κ1) is 20.2. The van der Waals surface area contributed by atoms with Gasteiger partial charge in [-0.15, -0.1) is 11.6 Å². The number of anilines is 2.